The number of likely N-dealkylation sites (tertiary alicyclic amines) is 1. The van der Waals surface area contributed by atoms with E-state index in [1.54, 1.807) is 0 Å². The van der Waals surface area contributed by atoms with Gasteiger partial charge >= 0.3 is 0 Å². The second-order valence-electron chi connectivity index (χ2n) is 6.25. The minimum Gasteiger partial charge on any atom is -0.327 e. The third kappa shape index (κ3) is 2.98. The summed E-state index contributed by atoms with van der Waals surface area (Å²) >= 11 is 0. The highest BCUT2D eigenvalue weighted by atomic mass is 15.1. The summed E-state index contributed by atoms with van der Waals surface area (Å²) in [6, 6.07) is 0.468. The number of nitrogens with zero attached hydrogens (tertiary/aromatic N) is 1. The molecule has 0 radical (unpaired) electrons. The molecule has 1 aliphatic heterocycles. The summed E-state index contributed by atoms with van der Waals surface area (Å²) < 4.78 is 0. The highest BCUT2D eigenvalue weighted by Crippen LogP contribution is 2.33. The van der Waals surface area contributed by atoms with Crippen LogP contribution in [0.25, 0.3) is 0 Å². The van der Waals surface area contributed by atoms with E-state index in [9.17, 15) is 0 Å². The molecular formula is C14H28N2. The van der Waals surface area contributed by atoms with Gasteiger partial charge in [-0.15, -0.1) is 0 Å². The molecule has 2 heteroatoms. The highest BCUT2D eigenvalue weighted by molar-refractivity contribution is 4.86. The number of hydrogen-bond acceptors (Lipinski definition) is 2. The van der Waals surface area contributed by atoms with Crippen molar-refractivity contribution in [2.24, 2.45) is 23.5 Å². The van der Waals surface area contributed by atoms with Crippen LogP contribution in [0.5, 0.6) is 0 Å². The monoisotopic (exact) mass is 224 g/mol. The van der Waals surface area contributed by atoms with Crippen LogP contribution in [-0.2, 0) is 0 Å². The summed E-state index contributed by atoms with van der Waals surface area (Å²) in [5.41, 5.74) is 6.29. The lowest BCUT2D eigenvalue weighted by Crippen LogP contribution is -2.43. The molecule has 3 unspecified atom stereocenters. The van der Waals surface area contributed by atoms with Gasteiger partial charge in [-0.05, 0) is 62.9 Å². The highest BCUT2D eigenvalue weighted by Gasteiger charge is 2.31. The van der Waals surface area contributed by atoms with Gasteiger partial charge in [0.2, 0.25) is 0 Å². The van der Waals surface area contributed by atoms with E-state index in [1.807, 2.05) is 0 Å². The third-order valence-corrected chi connectivity index (χ3v) is 4.72. The van der Waals surface area contributed by atoms with Crippen molar-refractivity contribution in [2.75, 3.05) is 19.6 Å². The van der Waals surface area contributed by atoms with Crippen LogP contribution < -0.4 is 5.73 Å². The molecule has 1 saturated heterocycles. The minimum atomic E-state index is 0.468. The van der Waals surface area contributed by atoms with Gasteiger partial charge in [0, 0.05) is 12.6 Å². The van der Waals surface area contributed by atoms with Crippen LogP contribution in [-0.4, -0.2) is 30.6 Å². The Labute approximate surface area is 101 Å². The molecule has 3 atom stereocenters. The first-order valence-corrected chi connectivity index (χ1v) is 7.14. The molecule has 0 aromatic heterocycles. The fourth-order valence-electron chi connectivity index (χ4n) is 3.44. The van der Waals surface area contributed by atoms with Crippen LogP contribution in [0.15, 0.2) is 0 Å². The van der Waals surface area contributed by atoms with Gasteiger partial charge < -0.3 is 10.6 Å². The number of hydrogen-bond donors (Lipinski definition) is 1. The maximum atomic E-state index is 6.29. The quantitative estimate of drug-likeness (QED) is 0.798. The molecule has 0 bridgehead atoms. The lowest BCUT2D eigenvalue weighted by Gasteiger charge is -2.38. The predicted molar refractivity (Wildman–Crippen MR) is 69.3 cm³/mol. The Morgan fingerprint density at radius 2 is 1.88 bits per heavy atom. The Morgan fingerprint density at radius 3 is 2.50 bits per heavy atom. The van der Waals surface area contributed by atoms with Crippen LogP contribution in [0, 0.1) is 17.8 Å². The Bertz CT molecular complexity index is 207. The standard InChI is InChI=1S/C14H28N2/c1-11(2)12-5-6-14(15)13(9-12)10-16-7-3-4-8-16/h11-14H,3-10,15H2,1-2H3. The van der Waals surface area contributed by atoms with E-state index < -0.39 is 0 Å². The third-order valence-electron chi connectivity index (χ3n) is 4.72. The first kappa shape index (κ1) is 12.4. The maximum Gasteiger partial charge on any atom is 0.00795 e. The van der Waals surface area contributed by atoms with Gasteiger partial charge in [-0.2, -0.15) is 0 Å². The zero-order valence-corrected chi connectivity index (χ0v) is 11.0. The average molecular weight is 224 g/mol. The van der Waals surface area contributed by atoms with E-state index in [0.29, 0.717) is 6.04 Å². The lowest BCUT2D eigenvalue weighted by molar-refractivity contribution is 0.149. The average Bonchev–Trinajstić information content (AvgIpc) is 2.73. The van der Waals surface area contributed by atoms with E-state index >= 15 is 0 Å². The van der Waals surface area contributed by atoms with Gasteiger partial charge in [0.1, 0.15) is 0 Å². The number of rotatable bonds is 3. The van der Waals surface area contributed by atoms with Gasteiger partial charge in [-0.3, -0.25) is 0 Å². The summed E-state index contributed by atoms with van der Waals surface area (Å²) in [7, 11) is 0. The van der Waals surface area contributed by atoms with Crippen LogP contribution >= 0.6 is 0 Å². The van der Waals surface area contributed by atoms with Crippen molar-refractivity contribution in [1.29, 1.82) is 0 Å². The summed E-state index contributed by atoms with van der Waals surface area (Å²) in [5, 5.41) is 0. The van der Waals surface area contributed by atoms with Crippen molar-refractivity contribution in [2.45, 2.75) is 52.0 Å². The van der Waals surface area contributed by atoms with Crippen LogP contribution in [0.2, 0.25) is 0 Å². The van der Waals surface area contributed by atoms with Crippen molar-refractivity contribution in [1.82, 2.24) is 4.90 Å². The fraction of sp³-hybridized carbons (Fsp3) is 1.00. The van der Waals surface area contributed by atoms with E-state index in [2.05, 4.69) is 18.7 Å². The molecule has 0 aromatic carbocycles. The minimum absolute atomic E-state index is 0.468. The van der Waals surface area contributed by atoms with Gasteiger partial charge in [-0.1, -0.05) is 13.8 Å². The summed E-state index contributed by atoms with van der Waals surface area (Å²) in [6.45, 7) is 8.64. The first-order valence-electron chi connectivity index (χ1n) is 7.14. The van der Waals surface area contributed by atoms with Crippen LogP contribution in [0.3, 0.4) is 0 Å². The topological polar surface area (TPSA) is 29.3 Å². The van der Waals surface area contributed by atoms with Gasteiger partial charge in [0.05, 0.1) is 0 Å². The molecule has 0 aromatic rings. The lowest BCUT2D eigenvalue weighted by atomic mass is 9.74. The van der Waals surface area contributed by atoms with Crippen molar-refractivity contribution >= 4 is 0 Å². The molecule has 94 valence electrons. The normalized spacial score (nSPS) is 37.1. The van der Waals surface area contributed by atoms with Gasteiger partial charge in [0.15, 0.2) is 0 Å². The molecule has 2 nitrogen and oxygen atoms in total. The maximum absolute atomic E-state index is 6.29. The van der Waals surface area contributed by atoms with E-state index in [-0.39, 0.29) is 0 Å². The SMILES string of the molecule is CC(C)C1CCC(N)C(CN2CCCC2)C1. The molecule has 1 heterocycles. The molecule has 2 N–H and O–H groups in total. The van der Waals surface area contributed by atoms with E-state index in [4.69, 9.17) is 5.73 Å². The Kier molecular flexibility index (Phi) is 4.26. The molecule has 1 saturated carbocycles. The molecular weight excluding hydrogens is 196 g/mol. The summed E-state index contributed by atoms with van der Waals surface area (Å²) in [5.74, 6) is 2.53. The largest absolute Gasteiger partial charge is 0.327 e. The van der Waals surface area contributed by atoms with Crippen LogP contribution in [0.4, 0.5) is 0 Å². The smallest absolute Gasteiger partial charge is 0.00795 e. The van der Waals surface area contributed by atoms with Crippen molar-refractivity contribution in [3.05, 3.63) is 0 Å². The van der Waals surface area contributed by atoms with Crippen molar-refractivity contribution in [3.63, 3.8) is 0 Å². The fourth-order valence-corrected chi connectivity index (χ4v) is 3.44. The molecule has 0 amide bonds. The Hall–Kier alpha value is -0.0800. The van der Waals surface area contributed by atoms with Crippen LogP contribution in [0.1, 0.15) is 46.0 Å². The predicted octanol–water partition coefficient (Wildman–Crippen LogP) is 2.48. The Balaban J connectivity index is 1.85. The molecule has 2 rings (SSSR count). The van der Waals surface area contributed by atoms with Crippen molar-refractivity contribution in [3.8, 4) is 0 Å². The van der Waals surface area contributed by atoms with Gasteiger partial charge in [0.25, 0.3) is 0 Å². The van der Waals surface area contributed by atoms with E-state index in [0.717, 1.165) is 17.8 Å². The number of nitrogens with two attached hydrogens (primary N) is 1. The summed E-state index contributed by atoms with van der Waals surface area (Å²) in [6.07, 6.45) is 6.77. The summed E-state index contributed by atoms with van der Waals surface area (Å²) in [4.78, 5) is 2.63. The zero-order chi connectivity index (χ0) is 11.5. The molecule has 2 fully saturated rings. The Morgan fingerprint density at radius 1 is 1.19 bits per heavy atom. The molecule has 16 heavy (non-hydrogen) atoms. The second kappa shape index (κ2) is 5.50. The van der Waals surface area contributed by atoms with Gasteiger partial charge in [-0.25, -0.2) is 0 Å². The van der Waals surface area contributed by atoms with Crippen molar-refractivity contribution < 1.29 is 0 Å². The van der Waals surface area contributed by atoms with E-state index in [1.165, 1.54) is 51.7 Å². The molecule has 2 aliphatic rings. The second-order valence-corrected chi connectivity index (χ2v) is 6.25. The zero-order valence-electron chi connectivity index (χ0n) is 11.0. The molecule has 1 aliphatic carbocycles. The molecule has 0 spiro atoms. The first-order chi connectivity index (χ1) is 7.66.